The van der Waals surface area contributed by atoms with Crippen LogP contribution < -0.4 is 9.47 Å². The van der Waals surface area contributed by atoms with E-state index in [9.17, 15) is 9.59 Å². The molecule has 6 nitrogen and oxygen atoms in total. The molecular weight excluding hydrogens is 480 g/mol. The molecule has 0 saturated carbocycles. The first kappa shape index (κ1) is 25.3. The number of carbonyl (C=O) groups excluding carboxylic acids is 2. The van der Waals surface area contributed by atoms with Gasteiger partial charge in [0, 0.05) is 18.0 Å². The molecule has 3 heterocycles. The third kappa shape index (κ3) is 5.87. The summed E-state index contributed by atoms with van der Waals surface area (Å²) in [6.07, 6.45) is 1.76. The predicted octanol–water partition coefficient (Wildman–Crippen LogP) is 5.51. The molecule has 1 aliphatic heterocycles. The molecule has 1 aliphatic rings. The Bertz CT molecular complexity index is 1130. The number of para-hydroxylation sites is 2. The van der Waals surface area contributed by atoms with Gasteiger partial charge in [0.15, 0.2) is 11.5 Å². The Morgan fingerprint density at radius 1 is 1.11 bits per heavy atom. The topological polar surface area (TPSA) is 59.1 Å². The molecule has 0 aliphatic carbocycles. The molecule has 35 heavy (non-hydrogen) atoms. The van der Waals surface area contributed by atoms with Crippen LogP contribution in [0.4, 0.5) is 0 Å². The minimum absolute atomic E-state index is 0.0521. The van der Waals surface area contributed by atoms with Crippen LogP contribution in [0.1, 0.15) is 46.4 Å². The van der Waals surface area contributed by atoms with Crippen molar-refractivity contribution in [3.8, 4) is 11.5 Å². The molecule has 0 unspecified atom stereocenters. The molecule has 3 aromatic rings. The summed E-state index contributed by atoms with van der Waals surface area (Å²) in [5.74, 6) is 1.48. The second-order valence-electron chi connectivity index (χ2n) is 8.79. The van der Waals surface area contributed by atoms with Crippen molar-refractivity contribution in [1.82, 2.24) is 9.80 Å². The molecule has 2 amide bonds. The number of carbonyl (C=O) groups is 2. The summed E-state index contributed by atoms with van der Waals surface area (Å²) in [4.78, 5) is 32.5. The molecule has 1 aromatic carbocycles. The van der Waals surface area contributed by atoms with Crippen molar-refractivity contribution in [2.75, 3.05) is 33.4 Å². The van der Waals surface area contributed by atoms with Gasteiger partial charge in [-0.3, -0.25) is 9.59 Å². The van der Waals surface area contributed by atoms with Crippen molar-refractivity contribution in [2.24, 2.45) is 5.92 Å². The number of fused-ring (bicyclic) bond motifs is 1. The predicted molar refractivity (Wildman–Crippen MR) is 141 cm³/mol. The van der Waals surface area contributed by atoms with E-state index in [2.05, 4.69) is 25.3 Å². The van der Waals surface area contributed by atoms with E-state index in [1.165, 1.54) is 16.2 Å². The number of hydrogen-bond acceptors (Lipinski definition) is 6. The SMILES string of the molecule is CC[C@@H](C)CN(CC(=O)N1CCc2sccc2[C@H]1COc1ccccc1OC)C(=O)c1cccs1. The maximum absolute atomic E-state index is 13.7. The lowest BCUT2D eigenvalue weighted by Crippen LogP contribution is -2.48. The number of thiophene rings is 2. The molecule has 4 rings (SSSR count). The van der Waals surface area contributed by atoms with Gasteiger partial charge in [0.25, 0.3) is 5.91 Å². The molecule has 0 fully saturated rings. The van der Waals surface area contributed by atoms with Crippen molar-refractivity contribution >= 4 is 34.5 Å². The van der Waals surface area contributed by atoms with E-state index in [0.29, 0.717) is 42.0 Å². The van der Waals surface area contributed by atoms with Crippen LogP contribution in [-0.4, -0.2) is 55.0 Å². The molecule has 8 heteroatoms. The molecule has 186 valence electrons. The van der Waals surface area contributed by atoms with Crippen molar-refractivity contribution in [3.05, 3.63) is 68.5 Å². The highest BCUT2D eigenvalue weighted by atomic mass is 32.1. The van der Waals surface area contributed by atoms with Gasteiger partial charge in [-0.2, -0.15) is 0 Å². The van der Waals surface area contributed by atoms with Gasteiger partial charge in [0.05, 0.1) is 18.0 Å². The van der Waals surface area contributed by atoms with Crippen molar-refractivity contribution < 1.29 is 19.1 Å². The Kier molecular flexibility index (Phi) is 8.46. The summed E-state index contributed by atoms with van der Waals surface area (Å²) in [5, 5.41) is 3.97. The van der Waals surface area contributed by atoms with E-state index >= 15 is 0 Å². The number of methoxy groups -OCH3 is 1. The Hall–Kier alpha value is -2.84. The van der Waals surface area contributed by atoms with E-state index in [4.69, 9.17) is 9.47 Å². The molecule has 0 radical (unpaired) electrons. The van der Waals surface area contributed by atoms with Crippen LogP contribution in [0.5, 0.6) is 11.5 Å². The average Bonchev–Trinajstić information content (AvgIpc) is 3.59. The lowest BCUT2D eigenvalue weighted by molar-refractivity contribution is -0.135. The van der Waals surface area contributed by atoms with Crippen LogP contribution >= 0.6 is 22.7 Å². The van der Waals surface area contributed by atoms with Crippen molar-refractivity contribution in [3.63, 3.8) is 0 Å². The Morgan fingerprint density at radius 2 is 1.91 bits per heavy atom. The van der Waals surface area contributed by atoms with Gasteiger partial charge in [-0.25, -0.2) is 0 Å². The smallest absolute Gasteiger partial charge is 0.264 e. The highest BCUT2D eigenvalue weighted by Crippen LogP contribution is 2.35. The van der Waals surface area contributed by atoms with Crippen LogP contribution in [0.25, 0.3) is 0 Å². The van der Waals surface area contributed by atoms with Gasteiger partial charge in [-0.1, -0.05) is 38.5 Å². The molecular formula is C27H32N2O4S2. The summed E-state index contributed by atoms with van der Waals surface area (Å²) < 4.78 is 11.6. The molecule has 2 aromatic heterocycles. The average molecular weight is 513 g/mol. The number of nitrogens with zero attached hydrogens (tertiary/aromatic N) is 2. The first-order chi connectivity index (χ1) is 17.0. The van der Waals surface area contributed by atoms with Crippen LogP contribution in [0.2, 0.25) is 0 Å². The fourth-order valence-electron chi connectivity index (χ4n) is 4.32. The standard InChI is InChI=1S/C27H32N2O4S2/c1-4-19(2)16-28(27(31)25-10-7-14-34-25)17-26(30)29-13-11-24-20(12-15-35-24)21(29)18-33-23-9-6-5-8-22(23)32-3/h5-10,12,14-15,19,21H,4,11,13,16-18H2,1-3H3/t19-,21-/m1/s1. The second-order valence-corrected chi connectivity index (χ2v) is 10.7. The second kappa shape index (κ2) is 11.7. The molecule has 2 atom stereocenters. The van der Waals surface area contributed by atoms with Gasteiger partial charge in [-0.15, -0.1) is 22.7 Å². The largest absolute Gasteiger partial charge is 0.493 e. The molecule has 0 N–H and O–H groups in total. The monoisotopic (exact) mass is 512 g/mol. The van der Waals surface area contributed by atoms with E-state index < -0.39 is 0 Å². The quantitative estimate of drug-likeness (QED) is 0.359. The summed E-state index contributed by atoms with van der Waals surface area (Å²) in [7, 11) is 1.62. The van der Waals surface area contributed by atoms with Crippen LogP contribution in [0, 0.1) is 5.92 Å². The van der Waals surface area contributed by atoms with Crippen molar-refractivity contribution in [1.29, 1.82) is 0 Å². The minimum atomic E-state index is -0.218. The first-order valence-corrected chi connectivity index (χ1v) is 13.7. The van der Waals surface area contributed by atoms with E-state index in [1.807, 2.05) is 46.7 Å². The van der Waals surface area contributed by atoms with Gasteiger partial charge >= 0.3 is 0 Å². The summed E-state index contributed by atoms with van der Waals surface area (Å²) >= 11 is 3.13. The maximum atomic E-state index is 13.7. The summed E-state index contributed by atoms with van der Waals surface area (Å²) in [6, 6.07) is 13.1. The maximum Gasteiger partial charge on any atom is 0.264 e. The fraction of sp³-hybridized carbons (Fsp3) is 0.407. The van der Waals surface area contributed by atoms with Crippen LogP contribution in [-0.2, 0) is 11.2 Å². The van der Waals surface area contributed by atoms with E-state index in [-0.39, 0.29) is 24.4 Å². The van der Waals surface area contributed by atoms with E-state index in [1.54, 1.807) is 23.3 Å². The van der Waals surface area contributed by atoms with Gasteiger partial charge in [-0.05, 0) is 52.9 Å². The van der Waals surface area contributed by atoms with Gasteiger partial charge in [0.2, 0.25) is 5.91 Å². The van der Waals surface area contributed by atoms with E-state index in [0.717, 1.165) is 18.4 Å². The molecule has 0 saturated heterocycles. The third-order valence-corrected chi connectivity index (χ3v) is 8.31. The summed E-state index contributed by atoms with van der Waals surface area (Å²) in [6.45, 7) is 5.76. The van der Waals surface area contributed by atoms with Crippen molar-refractivity contribution in [2.45, 2.75) is 32.7 Å². The third-order valence-electron chi connectivity index (χ3n) is 6.46. The number of ether oxygens (including phenoxy) is 2. The molecule has 0 spiro atoms. The van der Waals surface area contributed by atoms with Gasteiger partial charge in [0.1, 0.15) is 13.2 Å². The fourth-order valence-corrected chi connectivity index (χ4v) is 5.94. The Morgan fingerprint density at radius 3 is 2.63 bits per heavy atom. The van der Waals surface area contributed by atoms with Crippen LogP contribution in [0.15, 0.2) is 53.2 Å². The zero-order chi connectivity index (χ0) is 24.8. The lowest BCUT2D eigenvalue weighted by Gasteiger charge is -2.37. The highest BCUT2D eigenvalue weighted by Gasteiger charge is 2.34. The first-order valence-electron chi connectivity index (χ1n) is 12.0. The molecule has 0 bridgehead atoms. The minimum Gasteiger partial charge on any atom is -0.493 e. The Balaban J connectivity index is 1.54. The number of benzene rings is 1. The number of hydrogen-bond donors (Lipinski definition) is 0. The highest BCUT2D eigenvalue weighted by molar-refractivity contribution is 7.12. The zero-order valence-corrected chi connectivity index (χ0v) is 22.1. The normalized spacial score (nSPS) is 15.9. The zero-order valence-electron chi connectivity index (χ0n) is 20.4. The summed E-state index contributed by atoms with van der Waals surface area (Å²) in [5.41, 5.74) is 1.13. The Labute approximate surface area is 215 Å². The number of amides is 2. The number of rotatable bonds is 10. The lowest BCUT2D eigenvalue weighted by atomic mass is 10.00. The van der Waals surface area contributed by atoms with Crippen LogP contribution in [0.3, 0.4) is 0 Å². The van der Waals surface area contributed by atoms with Gasteiger partial charge < -0.3 is 19.3 Å².